The molecular weight excluding hydrogens is 264 g/mol. The molecule has 2 rings (SSSR count). The molecule has 102 valence electrons. The van der Waals surface area contributed by atoms with Crippen molar-refractivity contribution in [2.24, 2.45) is 0 Å². The Labute approximate surface area is 117 Å². The second-order valence-electron chi connectivity index (χ2n) is 4.81. The fourth-order valence-electron chi connectivity index (χ4n) is 1.80. The van der Waals surface area contributed by atoms with Crippen molar-refractivity contribution in [1.82, 2.24) is 19.2 Å². The van der Waals surface area contributed by atoms with Gasteiger partial charge in [0.25, 0.3) is 0 Å². The molecule has 0 aromatic carbocycles. The molecule has 19 heavy (non-hydrogen) atoms. The molecule has 5 nitrogen and oxygen atoms in total. The lowest BCUT2D eigenvalue weighted by molar-refractivity contribution is -0.129. The molecule has 0 aliphatic rings. The summed E-state index contributed by atoms with van der Waals surface area (Å²) in [7, 11) is 5.41. The summed E-state index contributed by atoms with van der Waals surface area (Å²) >= 11 is 5.93. The van der Waals surface area contributed by atoms with Crippen LogP contribution in [0.3, 0.4) is 0 Å². The number of amides is 1. The van der Waals surface area contributed by atoms with Gasteiger partial charge in [0, 0.05) is 33.0 Å². The Balaban J connectivity index is 2.06. The maximum atomic E-state index is 11.6. The molecule has 0 unspecified atom stereocenters. The van der Waals surface area contributed by atoms with Gasteiger partial charge in [-0.25, -0.2) is 4.98 Å². The normalized spacial score (nSPS) is 11.2. The Morgan fingerprint density at radius 1 is 1.32 bits per heavy atom. The second-order valence-corrected chi connectivity index (χ2v) is 5.24. The van der Waals surface area contributed by atoms with E-state index in [0.29, 0.717) is 18.1 Å². The molecule has 1 amide bonds. The van der Waals surface area contributed by atoms with Crippen LogP contribution in [0.25, 0.3) is 5.65 Å². The summed E-state index contributed by atoms with van der Waals surface area (Å²) in [5.41, 5.74) is 1.77. The number of rotatable bonds is 4. The summed E-state index contributed by atoms with van der Waals surface area (Å²) < 4.78 is 1.89. The highest BCUT2D eigenvalue weighted by Crippen LogP contribution is 2.12. The summed E-state index contributed by atoms with van der Waals surface area (Å²) in [4.78, 5) is 19.6. The van der Waals surface area contributed by atoms with Crippen LogP contribution in [-0.4, -0.2) is 52.8 Å². The number of hydrogen-bond donors (Lipinski definition) is 0. The number of carbonyl (C=O) groups is 1. The Morgan fingerprint density at radius 2 is 2.05 bits per heavy atom. The van der Waals surface area contributed by atoms with E-state index in [1.54, 1.807) is 19.0 Å². The van der Waals surface area contributed by atoms with E-state index in [0.717, 1.165) is 11.3 Å². The summed E-state index contributed by atoms with van der Waals surface area (Å²) in [6.45, 7) is 1.00. The largest absolute Gasteiger partial charge is 0.348 e. The van der Waals surface area contributed by atoms with Gasteiger partial charge < -0.3 is 9.30 Å². The molecule has 0 bridgehead atoms. The first-order valence-corrected chi connectivity index (χ1v) is 6.35. The smallest absolute Gasteiger partial charge is 0.236 e. The number of pyridine rings is 1. The molecule has 6 heteroatoms. The van der Waals surface area contributed by atoms with Gasteiger partial charge in [0.15, 0.2) is 0 Å². The lowest BCUT2D eigenvalue weighted by Gasteiger charge is -2.17. The number of fused-ring (bicyclic) bond motifs is 1. The first kappa shape index (κ1) is 13.8. The predicted molar refractivity (Wildman–Crippen MR) is 75.2 cm³/mol. The highest BCUT2D eigenvalue weighted by atomic mass is 35.5. The van der Waals surface area contributed by atoms with Crippen LogP contribution in [0.5, 0.6) is 0 Å². The van der Waals surface area contributed by atoms with Crippen LogP contribution in [0.1, 0.15) is 5.69 Å². The quantitative estimate of drug-likeness (QED) is 0.852. The number of likely N-dealkylation sites (N-methyl/N-ethyl adjacent to an activating group) is 2. The highest BCUT2D eigenvalue weighted by Gasteiger charge is 2.10. The molecule has 0 radical (unpaired) electrons. The van der Waals surface area contributed by atoms with Crippen molar-refractivity contribution < 1.29 is 4.79 Å². The minimum atomic E-state index is 0.0781. The lowest BCUT2D eigenvalue weighted by Crippen LogP contribution is -2.34. The average Bonchev–Trinajstić information content (AvgIpc) is 2.69. The summed E-state index contributed by atoms with van der Waals surface area (Å²) in [6, 6.07) is 3.68. The Morgan fingerprint density at radius 3 is 2.74 bits per heavy atom. The van der Waals surface area contributed by atoms with E-state index in [9.17, 15) is 4.79 Å². The van der Waals surface area contributed by atoms with Gasteiger partial charge in [0.05, 0.1) is 17.3 Å². The van der Waals surface area contributed by atoms with Gasteiger partial charge in [0.2, 0.25) is 5.91 Å². The minimum absolute atomic E-state index is 0.0781. The average molecular weight is 281 g/mol. The van der Waals surface area contributed by atoms with Crippen molar-refractivity contribution >= 4 is 23.2 Å². The number of aromatic nitrogens is 2. The Hall–Kier alpha value is -1.59. The van der Waals surface area contributed by atoms with Gasteiger partial charge in [-0.15, -0.1) is 0 Å². The number of hydrogen-bond acceptors (Lipinski definition) is 3. The van der Waals surface area contributed by atoms with Crippen molar-refractivity contribution in [3.8, 4) is 0 Å². The summed E-state index contributed by atoms with van der Waals surface area (Å²) in [6.07, 6.45) is 3.75. The van der Waals surface area contributed by atoms with Gasteiger partial charge in [0.1, 0.15) is 5.65 Å². The van der Waals surface area contributed by atoms with Crippen LogP contribution in [0.15, 0.2) is 24.5 Å². The maximum Gasteiger partial charge on any atom is 0.236 e. The number of nitrogens with zero attached hydrogens (tertiary/aromatic N) is 4. The van der Waals surface area contributed by atoms with Crippen LogP contribution in [0, 0.1) is 0 Å². The van der Waals surface area contributed by atoms with Crippen LogP contribution in [0.2, 0.25) is 5.02 Å². The number of imidazole rings is 1. The van der Waals surface area contributed by atoms with Gasteiger partial charge in [-0.3, -0.25) is 9.69 Å². The minimum Gasteiger partial charge on any atom is -0.348 e. The second kappa shape index (κ2) is 5.59. The Kier molecular flexibility index (Phi) is 4.07. The zero-order valence-electron chi connectivity index (χ0n) is 11.3. The molecule has 0 fully saturated rings. The third-order valence-corrected chi connectivity index (χ3v) is 3.02. The molecule has 2 aromatic heterocycles. The SMILES string of the molecule is CN(CC(=O)N(C)C)Cc1cn2cc(Cl)ccc2n1. The summed E-state index contributed by atoms with van der Waals surface area (Å²) in [5, 5.41) is 0.674. The number of halogens is 1. The van der Waals surface area contributed by atoms with Crippen molar-refractivity contribution in [2.45, 2.75) is 6.54 Å². The topological polar surface area (TPSA) is 40.9 Å². The lowest BCUT2D eigenvalue weighted by atomic mass is 10.4. The summed E-state index contributed by atoms with van der Waals surface area (Å²) in [5.74, 6) is 0.0781. The highest BCUT2D eigenvalue weighted by molar-refractivity contribution is 6.30. The zero-order valence-corrected chi connectivity index (χ0v) is 12.1. The van der Waals surface area contributed by atoms with E-state index in [1.807, 2.05) is 40.9 Å². The molecule has 0 N–H and O–H groups in total. The molecule has 0 aliphatic carbocycles. The third-order valence-electron chi connectivity index (χ3n) is 2.80. The van der Waals surface area contributed by atoms with Crippen LogP contribution < -0.4 is 0 Å². The molecule has 2 aromatic rings. The zero-order chi connectivity index (χ0) is 14.0. The van der Waals surface area contributed by atoms with Crippen molar-refractivity contribution in [3.05, 3.63) is 35.2 Å². The van der Waals surface area contributed by atoms with E-state index in [1.165, 1.54) is 0 Å². The standard InChI is InChI=1S/C13H17ClN4O/c1-16(2)13(19)9-17(3)7-11-8-18-6-10(14)4-5-12(18)15-11/h4-6,8H,7,9H2,1-3H3. The maximum absolute atomic E-state index is 11.6. The van der Waals surface area contributed by atoms with E-state index < -0.39 is 0 Å². The monoisotopic (exact) mass is 280 g/mol. The van der Waals surface area contributed by atoms with E-state index in [2.05, 4.69) is 4.98 Å². The fourth-order valence-corrected chi connectivity index (χ4v) is 1.97. The molecule has 0 atom stereocenters. The van der Waals surface area contributed by atoms with Gasteiger partial charge in [-0.2, -0.15) is 0 Å². The van der Waals surface area contributed by atoms with Crippen LogP contribution in [0.4, 0.5) is 0 Å². The molecule has 0 saturated heterocycles. The third kappa shape index (κ3) is 3.45. The Bertz CT molecular complexity index is 593. The molecular formula is C13H17ClN4O. The first-order chi connectivity index (χ1) is 8.95. The van der Waals surface area contributed by atoms with Gasteiger partial charge in [-0.1, -0.05) is 11.6 Å². The first-order valence-electron chi connectivity index (χ1n) is 5.97. The molecule has 0 aliphatic heterocycles. The van der Waals surface area contributed by atoms with E-state index in [4.69, 9.17) is 11.6 Å². The van der Waals surface area contributed by atoms with Gasteiger partial charge in [-0.05, 0) is 19.2 Å². The fraction of sp³-hybridized carbons (Fsp3) is 0.385. The van der Waals surface area contributed by atoms with Crippen LogP contribution in [-0.2, 0) is 11.3 Å². The molecule has 0 saturated carbocycles. The molecule has 0 spiro atoms. The molecule has 2 heterocycles. The van der Waals surface area contributed by atoms with Crippen molar-refractivity contribution in [2.75, 3.05) is 27.7 Å². The predicted octanol–water partition coefficient (Wildman–Crippen LogP) is 1.51. The van der Waals surface area contributed by atoms with E-state index >= 15 is 0 Å². The van der Waals surface area contributed by atoms with Crippen LogP contribution >= 0.6 is 11.6 Å². The van der Waals surface area contributed by atoms with E-state index in [-0.39, 0.29) is 5.91 Å². The van der Waals surface area contributed by atoms with Crippen molar-refractivity contribution in [1.29, 1.82) is 0 Å². The van der Waals surface area contributed by atoms with Crippen molar-refractivity contribution in [3.63, 3.8) is 0 Å². The number of carbonyl (C=O) groups excluding carboxylic acids is 1. The van der Waals surface area contributed by atoms with Gasteiger partial charge >= 0.3 is 0 Å².